The Labute approximate surface area is 132 Å². The smallest absolute Gasteiger partial charge is 0.310 e. The second kappa shape index (κ2) is 6.19. The Hall–Kier alpha value is -1.10. The highest BCUT2D eigenvalue weighted by atomic mass is 16.5. The minimum Gasteiger partial charge on any atom is -0.481 e. The lowest BCUT2D eigenvalue weighted by Gasteiger charge is -2.59. The molecule has 0 aromatic rings. The van der Waals surface area contributed by atoms with E-state index in [4.69, 9.17) is 4.74 Å². The van der Waals surface area contributed by atoms with Gasteiger partial charge in [-0.15, -0.1) is 0 Å². The first-order valence-electron chi connectivity index (χ1n) is 8.42. The second-order valence-electron chi connectivity index (χ2n) is 7.12. The zero-order valence-corrected chi connectivity index (χ0v) is 14.1. The van der Waals surface area contributed by atoms with E-state index < -0.39 is 11.4 Å². The number of aliphatic carboxylic acids is 1. The van der Waals surface area contributed by atoms with Crippen molar-refractivity contribution in [3.05, 3.63) is 0 Å². The quantitative estimate of drug-likeness (QED) is 0.758. The summed E-state index contributed by atoms with van der Waals surface area (Å²) in [5.41, 5.74) is -0.849. The molecule has 2 N–H and O–H groups in total. The summed E-state index contributed by atoms with van der Waals surface area (Å²) in [5.74, 6) is -0.696. The minimum atomic E-state index is -0.831. The topological polar surface area (TPSA) is 75.6 Å². The van der Waals surface area contributed by atoms with Gasteiger partial charge in [0.15, 0.2) is 0 Å². The van der Waals surface area contributed by atoms with Crippen molar-refractivity contribution in [1.82, 2.24) is 5.32 Å². The van der Waals surface area contributed by atoms with E-state index in [1.54, 1.807) is 7.11 Å². The van der Waals surface area contributed by atoms with Crippen molar-refractivity contribution in [3.8, 4) is 0 Å². The summed E-state index contributed by atoms with van der Waals surface area (Å²) >= 11 is 0. The van der Waals surface area contributed by atoms with Crippen LogP contribution in [0.2, 0.25) is 0 Å². The van der Waals surface area contributed by atoms with Crippen molar-refractivity contribution >= 4 is 11.9 Å². The van der Waals surface area contributed by atoms with Crippen LogP contribution in [0.25, 0.3) is 0 Å². The molecular formula is C17H29NO4. The van der Waals surface area contributed by atoms with E-state index in [2.05, 4.69) is 26.1 Å². The van der Waals surface area contributed by atoms with Crippen molar-refractivity contribution in [1.29, 1.82) is 0 Å². The number of carboxylic acids is 1. The van der Waals surface area contributed by atoms with E-state index in [9.17, 15) is 14.7 Å². The van der Waals surface area contributed by atoms with Crippen LogP contribution in [-0.2, 0) is 14.3 Å². The molecule has 0 heterocycles. The second-order valence-corrected chi connectivity index (χ2v) is 7.12. The predicted octanol–water partition coefficient (Wildman–Crippen LogP) is 2.59. The van der Waals surface area contributed by atoms with E-state index >= 15 is 0 Å². The summed E-state index contributed by atoms with van der Waals surface area (Å²) in [6.07, 6.45) is 4.28. The minimum absolute atomic E-state index is 0.0279. The number of ether oxygens (including phenoxy) is 1. The highest BCUT2D eigenvalue weighted by molar-refractivity contribution is 5.86. The molecule has 1 amide bonds. The number of hydrogen-bond acceptors (Lipinski definition) is 3. The lowest BCUT2D eigenvalue weighted by atomic mass is 9.53. The lowest BCUT2D eigenvalue weighted by Crippen LogP contribution is -2.70. The van der Waals surface area contributed by atoms with E-state index in [1.807, 2.05) is 0 Å². The molecule has 0 bridgehead atoms. The molecule has 0 aliphatic heterocycles. The first-order chi connectivity index (χ1) is 10.4. The van der Waals surface area contributed by atoms with Crippen molar-refractivity contribution in [2.45, 2.75) is 71.4 Å². The molecule has 2 saturated carbocycles. The van der Waals surface area contributed by atoms with E-state index in [-0.39, 0.29) is 35.8 Å². The largest absolute Gasteiger partial charge is 0.481 e. The van der Waals surface area contributed by atoms with Gasteiger partial charge in [-0.05, 0) is 25.7 Å². The summed E-state index contributed by atoms with van der Waals surface area (Å²) in [6, 6.07) is 0.0749. The number of rotatable bonds is 7. The molecule has 2 aliphatic rings. The number of nitrogens with one attached hydrogen (secondary N) is 1. The first kappa shape index (κ1) is 17.3. The molecule has 0 aromatic carbocycles. The van der Waals surface area contributed by atoms with Gasteiger partial charge in [0, 0.05) is 30.9 Å². The number of carboxylic acid groups (broad SMARTS) is 1. The fourth-order valence-corrected chi connectivity index (χ4v) is 4.70. The molecule has 0 saturated heterocycles. The number of amides is 1. The monoisotopic (exact) mass is 311 g/mol. The number of hydrogen-bond donors (Lipinski definition) is 2. The summed E-state index contributed by atoms with van der Waals surface area (Å²) in [6.45, 7) is 6.36. The summed E-state index contributed by atoms with van der Waals surface area (Å²) in [5, 5.41) is 12.5. The molecule has 5 nitrogen and oxygen atoms in total. The van der Waals surface area contributed by atoms with E-state index in [0.717, 1.165) is 19.3 Å². The Morgan fingerprint density at radius 3 is 2.23 bits per heavy atom. The van der Waals surface area contributed by atoms with Gasteiger partial charge in [0.1, 0.15) is 0 Å². The molecular weight excluding hydrogens is 282 g/mol. The SMILES string of the molecule is CCC1(CC)C(NC(=O)CC2(C(=O)O)CCC2)C(C)C1OC. The standard InChI is InChI=1S/C17H29NO4/c1-5-17(6-2)13(11(3)14(17)22-4)18-12(19)10-16(15(20)21)8-7-9-16/h11,13-14H,5-10H2,1-4H3,(H,18,19)(H,20,21). The molecule has 0 aromatic heterocycles. The van der Waals surface area contributed by atoms with Gasteiger partial charge in [-0.2, -0.15) is 0 Å². The molecule has 2 rings (SSSR count). The van der Waals surface area contributed by atoms with Gasteiger partial charge >= 0.3 is 5.97 Å². The van der Waals surface area contributed by atoms with Gasteiger partial charge in [0.25, 0.3) is 0 Å². The van der Waals surface area contributed by atoms with Gasteiger partial charge < -0.3 is 15.2 Å². The van der Waals surface area contributed by atoms with Crippen molar-refractivity contribution in [3.63, 3.8) is 0 Å². The van der Waals surface area contributed by atoms with Crippen LogP contribution in [0.3, 0.4) is 0 Å². The zero-order valence-electron chi connectivity index (χ0n) is 14.1. The van der Waals surface area contributed by atoms with Gasteiger partial charge in [0.05, 0.1) is 11.5 Å². The predicted molar refractivity (Wildman–Crippen MR) is 83.4 cm³/mol. The highest BCUT2D eigenvalue weighted by Gasteiger charge is 2.59. The maximum absolute atomic E-state index is 12.4. The normalized spacial score (nSPS) is 31.7. The zero-order chi connectivity index (χ0) is 16.5. The average molecular weight is 311 g/mol. The van der Waals surface area contributed by atoms with Crippen LogP contribution in [0, 0.1) is 16.7 Å². The Balaban J connectivity index is 2.03. The maximum Gasteiger partial charge on any atom is 0.310 e. The third kappa shape index (κ3) is 2.43. The Morgan fingerprint density at radius 2 is 1.86 bits per heavy atom. The van der Waals surface area contributed by atoms with Gasteiger partial charge in [-0.3, -0.25) is 9.59 Å². The molecule has 3 unspecified atom stereocenters. The third-order valence-electron chi connectivity index (χ3n) is 6.34. The molecule has 22 heavy (non-hydrogen) atoms. The van der Waals surface area contributed by atoms with Crippen molar-refractivity contribution in [2.75, 3.05) is 7.11 Å². The van der Waals surface area contributed by atoms with Crippen LogP contribution in [-0.4, -0.2) is 36.2 Å². The Kier molecular flexibility index (Phi) is 4.85. The fraction of sp³-hybridized carbons (Fsp3) is 0.882. The molecule has 126 valence electrons. The number of methoxy groups -OCH3 is 1. The molecule has 2 aliphatic carbocycles. The van der Waals surface area contributed by atoms with Crippen LogP contribution in [0.4, 0.5) is 0 Å². The van der Waals surface area contributed by atoms with Crippen LogP contribution < -0.4 is 5.32 Å². The molecule has 0 spiro atoms. The van der Waals surface area contributed by atoms with Gasteiger partial charge in [0.2, 0.25) is 5.91 Å². The van der Waals surface area contributed by atoms with Crippen LogP contribution in [0.15, 0.2) is 0 Å². The van der Waals surface area contributed by atoms with E-state index in [0.29, 0.717) is 12.8 Å². The molecule has 2 fully saturated rings. The first-order valence-corrected chi connectivity index (χ1v) is 8.42. The highest BCUT2D eigenvalue weighted by Crippen LogP contribution is 2.52. The average Bonchev–Trinajstić information content (AvgIpc) is 2.45. The van der Waals surface area contributed by atoms with Gasteiger partial charge in [-0.25, -0.2) is 0 Å². The molecule has 5 heteroatoms. The van der Waals surface area contributed by atoms with Crippen molar-refractivity contribution < 1.29 is 19.4 Å². The Bertz CT molecular complexity index is 440. The lowest BCUT2D eigenvalue weighted by molar-refractivity contribution is -0.175. The number of carbonyl (C=O) groups excluding carboxylic acids is 1. The van der Waals surface area contributed by atoms with Crippen molar-refractivity contribution in [2.24, 2.45) is 16.7 Å². The summed E-state index contributed by atoms with van der Waals surface area (Å²) < 4.78 is 5.63. The third-order valence-corrected chi connectivity index (χ3v) is 6.34. The molecule has 0 radical (unpaired) electrons. The summed E-state index contributed by atoms with van der Waals surface area (Å²) in [4.78, 5) is 23.8. The fourth-order valence-electron chi connectivity index (χ4n) is 4.70. The van der Waals surface area contributed by atoms with Crippen LogP contribution in [0.1, 0.15) is 59.3 Å². The summed E-state index contributed by atoms with van der Waals surface area (Å²) in [7, 11) is 1.73. The van der Waals surface area contributed by atoms with Crippen LogP contribution in [0.5, 0.6) is 0 Å². The molecule has 3 atom stereocenters. The van der Waals surface area contributed by atoms with E-state index in [1.165, 1.54) is 0 Å². The van der Waals surface area contributed by atoms with Crippen LogP contribution >= 0.6 is 0 Å². The maximum atomic E-state index is 12.4. The van der Waals surface area contributed by atoms with Gasteiger partial charge in [-0.1, -0.05) is 27.2 Å². The Morgan fingerprint density at radius 1 is 1.27 bits per heavy atom. The number of carbonyl (C=O) groups is 2.